The molecule has 0 saturated carbocycles. The van der Waals surface area contributed by atoms with E-state index < -0.39 is 0 Å². The van der Waals surface area contributed by atoms with Crippen molar-refractivity contribution in [3.8, 4) is 22.3 Å². The Hall–Kier alpha value is -6.14. The molecule has 4 heterocycles. The number of fused-ring (bicyclic) bond motifs is 13. The van der Waals surface area contributed by atoms with Crippen LogP contribution in [0.15, 0.2) is 196 Å². The highest BCUT2D eigenvalue weighted by molar-refractivity contribution is 8.04. The average molecular weight is 809 g/mol. The first-order chi connectivity index (χ1) is 29.5. The lowest BCUT2D eigenvalue weighted by molar-refractivity contribution is 0.660. The molecule has 4 unspecified atom stereocenters. The summed E-state index contributed by atoms with van der Waals surface area (Å²) in [5, 5.41) is 3.28. The van der Waals surface area contributed by atoms with Gasteiger partial charge in [-0.2, -0.15) is 0 Å². The molecule has 0 spiro atoms. The maximum absolute atomic E-state index is 6.28. The predicted octanol–water partition coefficient (Wildman–Crippen LogP) is 15.3. The molecular weight excluding hydrogens is 769 g/mol. The molecule has 3 nitrogen and oxygen atoms in total. The van der Waals surface area contributed by atoms with Crippen molar-refractivity contribution in [3.05, 3.63) is 204 Å². The molecule has 8 aromatic carbocycles. The van der Waals surface area contributed by atoms with Gasteiger partial charge in [0.15, 0.2) is 0 Å². The fraction of sp³-hybridized carbons (Fsp3) is 0.127. The number of thioether (sulfide) groups is 2. The Morgan fingerprint density at radius 2 is 1.05 bits per heavy atom. The molecule has 9 aromatic rings. The van der Waals surface area contributed by atoms with Crippen LogP contribution in [0.4, 0.5) is 22.7 Å². The largest absolute Gasteiger partial charge is 0.456 e. The van der Waals surface area contributed by atoms with Crippen LogP contribution in [-0.2, 0) is 5.41 Å². The average Bonchev–Trinajstić information content (AvgIpc) is 4.08. The minimum absolute atomic E-state index is 0.107. The maximum atomic E-state index is 6.28. The zero-order valence-electron chi connectivity index (χ0n) is 33.2. The summed E-state index contributed by atoms with van der Waals surface area (Å²) < 4.78 is 6.28. The highest BCUT2D eigenvalue weighted by atomic mass is 32.2. The summed E-state index contributed by atoms with van der Waals surface area (Å²) >= 11 is 4.17. The summed E-state index contributed by atoms with van der Waals surface area (Å²) in [4.78, 5) is 8.05. The predicted molar refractivity (Wildman–Crippen MR) is 252 cm³/mol. The fourth-order valence-electron chi connectivity index (χ4n) is 10.8. The SMILES string of the molecule is CC1(C)c2ccccc2-c2ccc(N(c3ccc(-c4ccc5c(c4)oc4ccccc45)cc3)c3ccc(N4C5c6ccccc6SC5C5Sc6ccccc6C54)cc3)cc21. The van der Waals surface area contributed by atoms with Crippen LogP contribution in [0.1, 0.15) is 48.2 Å². The second kappa shape index (κ2) is 12.9. The van der Waals surface area contributed by atoms with E-state index in [-0.39, 0.29) is 5.41 Å². The van der Waals surface area contributed by atoms with E-state index in [1.165, 1.54) is 48.9 Å². The molecule has 1 fully saturated rings. The molecule has 4 atom stereocenters. The van der Waals surface area contributed by atoms with Crippen LogP contribution in [0.3, 0.4) is 0 Å². The van der Waals surface area contributed by atoms with Crippen molar-refractivity contribution in [2.24, 2.45) is 0 Å². The standard InChI is InChI=1S/C55H40N2OS2/c1-55(2)45-15-7-3-11-39(45)40-30-28-38(32-46(40)55)56(35-22-19-33(20-23-35)34-21-29-42-41-12-4-8-16-47(41)58-48(42)31-34)36-24-26-37(27-25-36)57-51-43-13-5-9-17-49(43)59-53(51)54-52(57)44-14-6-10-18-50(44)60-54/h3-32,51-54H,1-2H3. The molecule has 1 aromatic heterocycles. The summed E-state index contributed by atoms with van der Waals surface area (Å²) in [6, 6.07) is 68.2. The molecule has 0 N–H and O–H groups in total. The quantitative estimate of drug-likeness (QED) is 0.172. The Kier molecular flexibility index (Phi) is 7.48. The van der Waals surface area contributed by atoms with Crippen molar-refractivity contribution in [2.75, 3.05) is 9.80 Å². The molecule has 60 heavy (non-hydrogen) atoms. The van der Waals surface area contributed by atoms with E-state index in [1.54, 1.807) is 0 Å². The van der Waals surface area contributed by atoms with Gasteiger partial charge in [0.1, 0.15) is 11.2 Å². The number of benzene rings is 8. The molecule has 1 aliphatic carbocycles. The summed E-state index contributed by atoms with van der Waals surface area (Å²) in [6.07, 6.45) is 0. The monoisotopic (exact) mass is 808 g/mol. The summed E-state index contributed by atoms with van der Waals surface area (Å²) in [5.41, 5.74) is 17.1. The molecule has 4 aliphatic rings. The zero-order chi connectivity index (χ0) is 39.7. The van der Waals surface area contributed by atoms with E-state index in [4.69, 9.17) is 4.42 Å². The topological polar surface area (TPSA) is 19.6 Å². The third-order valence-electron chi connectivity index (χ3n) is 13.6. The van der Waals surface area contributed by atoms with Crippen LogP contribution in [0.2, 0.25) is 0 Å². The van der Waals surface area contributed by atoms with E-state index in [1.807, 2.05) is 12.1 Å². The highest BCUT2D eigenvalue weighted by Gasteiger charge is 2.57. The van der Waals surface area contributed by atoms with Gasteiger partial charge in [-0.15, -0.1) is 23.5 Å². The first-order valence-electron chi connectivity index (χ1n) is 21.0. The highest BCUT2D eigenvalue weighted by Crippen LogP contribution is 2.66. The van der Waals surface area contributed by atoms with Crippen LogP contribution in [0, 0.1) is 0 Å². The molecule has 1 saturated heterocycles. The van der Waals surface area contributed by atoms with Crippen molar-refractivity contribution in [3.63, 3.8) is 0 Å². The Labute approximate surface area is 358 Å². The van der Waals surface area contributed by atoms with Gasteiger partial charge in [0.25, 0.3) is 0 Å². The van der Waals surface area contributed by atoms with E-state index in [0.717, 1.165) is 50.1 Å². The number of hydrogen-bond acceptors (Lipinski definition) is 5. The number of furan rings is 1. The lowest BCUT2D eigenvalue weighted by Gasteiger charge is -2.33. The summed E-state index contributed by atoms with van der Waals surface area (Å²) in [7, 11) is 0. The number of hydrogen-bond donors (Lipinski definition) is 0. The van der Waals surface area contributed by atoms with Gasteiger partial charge in [0.2, 0.25) is 0 Å². The van der Waals surface area contributed by atoms with Gasteiger partial charge in [-0.25, -0.2) is 0 Å². The summed E-state index contributed by atoms with van der Waals surface area (Å²) in [6.45, 7) is 4.73. The molecular formula is C55H40N2OS2. The van der Waals surface area contributed by atoms with Crippen molar-refractivity contribution in [1.29, 1.82) is 0 Å². The van der Waals surface area contributed by atoms with Gasteiger partial charge in [0.05, 0.1) is 12.1 Å². The van der Waals surface area contributed by atoms with Crippen LogP contribution in [-0.4, -0.2) is 10.5 Å². The number of para-hydroxylation sites is 1. The second-order valence-electron chi connectivity index (χ2n) is 17.1. The Bertz CT molecular complexity index is 3130. The van der Waals surface area contributed by atoms with Gasteiger partial charge in [-0.05, 0) is 123 Å². The third-order valence-corrected chi connectivity index (χ3v) is 16.7. The molecule has 0 bridgehead atoms. The third kappa shape index (κ3) is 5.00. The van der Waals surface area contributed by atoms with Crippen molar-refractivity contribution in [1.82, 2.24) is 0 Å². The van der Waals surface area contributed by atoms with E-state index in [9.17, 15) is 0 Å². The number of rotatable bonds is 5. The summed E-state index contributed by atoms with van der Waals surface area (Å²) in [5.74, 6) is 0. The molecule has 5 heteroatoms. The first-order valence-corrected chi connectivity index (χ1v) is 22.7. The molecule has 288 valence electrons. The van der Waals surface area contributed by atoms with Crippen molar-refractivity contribution >= 4 is 68.2 Å². The Morgan fingerprint density at radius 1 is 0.483 bits per heavy atom. The smallest absolute Gasteiger partial charge is 0.136 e. The molecule has 0 radical (unpaired) electrons. The van der Waals surface area contributed by atoms with Crippen molar-refractivity contribution < 1.29 is 4.42 Å². The van der Waals surface area contributed by atoms with Crippen molar-refractivity contribution in [2.45, 2.75) is 51.6 Å². The van der Waals surface area contributed by atoms with E-state index >= 15 is 0 Å². The van der Waals surface area contributed by atoms with E-state index in [2.05, 4.69) is 217 Å². The molecule has 13 rings (SSSR count). The first kappa shape index (κ1) is 34.7. The van der Waals surface area contributed by atoms with E-state index in [0.29, 0.717) is 22.6 Å². The minimum atomic E-state index is -0.107. The maximum Gasteiger partial charge on any atom is 0.136 e. The van der Waals surface area contributed by atoms with Gasteiger partial charge in [-0.1, -0.05) is 117 Å². The van der Waals surface area contributed by atoms with Gasteiger partial charge < -0.3 is 14.2 Å². The van der Waals surface area contributed by atoms with Crippen LogP contribution >= 0.6 is 23.5 Å². The Morgan fingerprint density at radius 3 is 1.78 bits per heavy atom. The lowest BCUT2D eigenvalue weighted by Crippen LogP contribution is -2.27. The fourth-order valence-corrected chi connectivity index (χ4v) is 14.1. The molecule has 3 aliphatic heterocycles. The second-order valence-corrected chi connectivity index (χ2v) is 19.6. The normalized spacial score (nSPS) is 20.1. The minimum Gasteiger partial charge on any atom is -0.456 e. The van der Waals surface area contributed by atoms with Gasteiger partial charge in [0, 0.05) is 59.2 Å². The van der Waals surface area contributed by atoms with Gasteiger partial charge >= 0.3 is 0 Å². The number of nitrogens with zero attached hydrogens (tertiary/aromatic N) is 2. The number of anilines is 4. The molecule has 0 amide bonds. The van der Waals surface area contributed by atoms with Crippen LogP contribution in [0.25, 0.3) is 44.2 Å². The van der Waals surface area contributed by atoms with Crippen LogP contribution < -0.4 is 9.80 Å². The Balaban J connectivity index is 0.916. The lowest BCUT2D eigenvalue weighted by atomic mass is 9.82. The van der Waals surface area contributed by atoms with Gasteiger partial charge in [-0.3, -0.25) is 0 Å². The van der Waals surface area contributed by atoms with Crippen LogP contribution in [0.5, 0.6) is 0 Å². The zero-order valence-corrected chi connectivity index (χ0v) is 34.9.